The minimum atomic E-state index is -0.485. The molecule has 0 fully saturated rings. The number of amides is 1. The molecular weight excluding hydrogens is 284 g/mol. The molecule has 0 aromatic heterocycles. The number of carbonyl (C=O) groups is 2. The van der Waals surface area contributed by atoms with Crippen molar-refractivity contribution in [1.82, 2.24) is 5.43 Å². The summed E-state index contributed by atoms with van der Waals surface area (Å²) in [5.41, 5.74) is 3.80. The second-order valence-electron chi connectivity index (χ2n) is 4.79. The normalized spacial score (nSPS) is 12.5. The van der Waals surface area contributed by atoms with Gasteiger partial charge in [-0.1, -0.05) is 12.1 Å². The maximum atomic E-state index is 11.8. The van der Waals surface area contributed by atoms with Crippen LogP contribution >= 0.6 is 0 Å². The number of ether oxygens (including phenoxy) is 2. The largest absolute Gasteiger partial charge is 0.497 e. The highest BCUT2D eigenvalue weighted by atomic mass is 16.5. The van der Waals surface area contributed by atoms with E-state index in [2.05, 4.69) is 10.5 Å². The van der Waals surface area contributed by atoms with Crippen molar-refractivity contribution in [3.8, 4) is 5.75 Å². The van der Waals surface area contributed by atoms with Gasteiger partial charge in [0.2, 0.25) is 5.91 Å². The lowest BCUT2D eigenvalue weighted by atomic mass is 10.1. The molecule has 0 spiro atoms. The Morgan fingerprint density at radius 3 is 2.45 bits per heavy atom. The van der Waals surface area contributed by atoms with E-state index in [-0.39, 0.29) is 18.3 Å². The molecule has 1 rings (SSSR count). The van der Waals surface area contributed by atoms with Crippen LogP contribution in [0.5, 0.6) is 5.75 Å². The fourth-order valence-electron chi connectivity index (χ4n) is 1.65. The van der Waals surface area contributed by atoms with E-state index in [0.29, 0.717) is 12.3 Å². The van der Waals surface area contributed by atoms with Gasteiger partial charge < -0.3 is 9.47 Å². The van der Waals surface area contributed by atoms with Crippen LogP contribution in [0, 0.1) is 5.92 Å². The van der Waals surface area contributed by atoms with Crippen LogP contribution < -0.4 is 10.2 Å². The quantitative estimate of drug-likeness (QED) is 0.474. The molecule has 120 valence electrons. The number of carbonyl (C=O) groups excluding carboxylic acids is 2. The molecule has 0 aliphatic carbocycles. The molecule has 1 N–H and O–H groups in total. The summed E-state index contributed by atoms with van der Waals surface area (Å²) in [5, 5.41) is 3.95. The van der Waals surface area contributed by atoms with Crippen molar-refractivity contribution in [1.29, 1.82) is 0 Å². The zero-order valence-corrected chi connectivity index (χ0v) is 13.4. The summed E-state index contributed by atoms with van der Waals surface area (Å²) in [7, 11) is 1.59. The first-order valence-corrected chi connectivity index (χ1v) is 7.10. The number of nitrogens with zero attached hydrogens (tertiary/aromatic N) is 1. The third kappa shape index (κ3) is 5.55. The highest BCUT2D eigenvalue weighted by Gasteiger charge is 2.17. The lowest BCUT2D eigenvalue weighted by molar-refractivity contribution is -0.145. The van der Waals surface area contributed by atoms with Crippen LogP contribution in [0.25, 0.3) is 0 Å². The molecule has 1 aromatic rings. The molecule has 0 saturated heterocycles. The van der Waals surface area contributed by atoms with Crippen molar-refractivity contribution >= 4 is 17.6 Å². The van der Waals surface area contributed by atoms with Crippen molar-refractivity contribution in [2.75, 3.05) is 13.7 Å². The molecule has 6 heteroatoms. The Labute approximate surface area is 130 Å². The van der Waals surface area contributed by atoms with Gasteiger partial charge in [-0.25, -0.2) is 5.43 Å². The van der Waals surface area contributed by atoms with Crippen molar-refractivity contribution < 1.29 is 19.1 Å². The maximum Gasteiger partial charge on any atom is 0.314 e. The average molecular weight is 306 g/mol. The van der Waals surface area contributed by atoms with E-state index in [9.17, 15) is 9.59 Å². The van der Waals surface area contributed by atoms with Crippen molar-refractivity contribution in [2.45, 2.75) is 27.2 Å². The predicted octanol–water partition coefficient (Wildman–Crippen LogP) is 1.93. The average Bonchev–Trinajstić information content (AvgIpc) is 2.52. The summed E-state index contributed by atoms with van der Waals surface area (Å²) >= 11 is 0. The van der Waals surface area contributed by atoms with Gasteiger partial charge in [-0.05, 0) is 38.5 Å². The second-order valence-corrected chi connectivity index (χ2v) is 4.79. The molecule has 0 saturated carbocycles. The molecular formula is C16H22N2O4. The molecule has 1 amide bonds. The monoisotopic (exact) mass is 306 g/mol. The molecule has 1 aromatic carbocycles. The topological polar surface area (TPSA) is 77.0 Å². The summed E-state index contributed by atoms with van der Waals surface area (Å²) in [5.74, 6) is -0.351. The van der Waals surface area contributed by atoms with Crippen LogP contribution in [0.1, 0.15) is 26.3 Å². The Morgan fingerprint density at radius 1 is 1.27 bits per heavy atom. The molecule has 6 nitrogen and oxygen atoms in total. The predicted molar refractivity (Wildman–Crippen MR) is 83.7 cm³/mol. The first kappa shape index (κ1) is 17.7. The van der Waals surface area contributed by atoms with Gasteiger partial charge in [0.1, 0.15) is 5.75 Å². The van der Waals surface area contributed by atoms with E-state index in [1.807, 2.05) is 12.1 Å². The molecule has 22 heavy (non-hydrogen) atoms. The Hall–Kier alpha value is -2.37. The van der Waals surface area contributed by atoms with Crippen molar-refractivity contribution in [3.63, 3.8) is 0 Å². The Morgan fingerprint density at radius 2 is 1.91 bits per heavy atom. The highest BCUT2D eigenvalue weighted by molar-refractivity contribution is 6.00. The third-order valence-corrected chi connectivity index (χ3v) is 3.15. The molecule has 0 bridgehead atoms. The number of hydrogen-bond acceptors (Lipinski definition) is 5. The smallest absolute Gasteiger partial charge is 0.314 e. The lowest BCUT2D eigenvalue weighted by Gasteiger charge is -2.10. The SMILES string of the molecule is CCOC(=O)[C@@H](C)/C(C)=N/NC(=O)Cc1ccc(OC)cc1. The Kier molecular flexibility index (Phi) is 7.08. The fraction of sp³-hybridized carbons (Fsp3) is 0.438. The number of methoxy groups -OCH3 is 1. The van der Waals surface area contributed by atoms with Crippen LogP contribution in [0.4, 0.5) is 0 Å². The summed E-state index contributed by atoms with van der Waals surface area (Å²) < 4.78 is 9.96. The molecule has 1 atom stereocenters. The number of hydrazone groups is 1. The van der Waals surface area contributed by atoms with Crippen LogP contribution in [0.15, 0.2) is 29.4 Å². The lowest BCUT2D eigenvalue weighted by Crippen LogP contribution is -2.26. The first-order chi connectivity index (χ1) is 10.5. The maximum absolute atomic E-state index is 11.8. The summed E-state index contributed by atoms with van der Waals surface area (Å²) in [4.78, 5) is 23.4. The van der Waals surface area contributed by atoms with E-state index >= 15 is 0 Å². The number of rotatable bonds is 7. The standard InChI is InChI=1S/C16H22N2O4/c1-5-22-16(20)11(2)12(3)17-18-15(19)10-13-6-8-14(21-4)9-7-13/h6-9,11H,5,10H2,1-4H3,(H,18,19)/b17-12+/t11-/m0/s1. The molecule has 0 radical (unpaired) electrons. The highest BCUT2D eigenvalue weighted by Crippen LogP contribution is 2.11. The van der Waals surface area contributed by atoms with Gasteiger partial charge in [0.25, 0.3) is 0 Å². The minimum Gasteiger partial charge on any atom is -0.497 e. The van der Waals surface area contributed by atoms with Gasteiger partial charge in [-0.3, -0.25) is 9.59 Å². The number of benzene rings is 1. The Balaban J connectivity index is 2.53. The van der Waals surface area contributed by atoms with Crippen LogP contribution in [0.2, 0.25) is 0 Å². The van der Waals surface area contributed by atoms with Gasteiger partial charge in [0, 0.05) is 5.71 Å². The van der Waals surface area contributed by atoms with E-state index in [4.69, 9.17) is 9.47 Å². The number of hydrogen-bond donors (Lipinski definition) is 1. The zero-order chi connectivity index (χ0) is 16.5. The second kappa shape index (κ2) is 8.81. The summed E-state index contributed by atoms with van der Waals surface area (Å²) in [6, 6.07) is 7.21. The summed E-state index contributed by atoms with van der Waals surface area (Å²) in [6.45, 7) is 5.43. The van der Waals surface area contributed by atoms with Crippen LogP contribution in [-0.4, -0.2) is 31.3 Å². The molecule has 0 unspecified atom stereocenters. The van der Waals surface area contributed by atoms with E-state index in [1.54, 1.807) is 40.0 Å². The van der Waals surface area contributed by atoms with Gasteiger partial charge in [-0.15, -0.1) is 0 Å². The van der Waals surface area contributed by atoms with Crippen molar-refractivity contribution in [3.05, 3.63) is 29.8 Å². The van der Waals surface area contributed by atoms with Gasteiger partial charge in [-0.2, -0.15) is 5.10 Å². The van der Waals surface area contributed by atoms with Gasteiger partial charge in [0.15, 0.2) is 0 Å². The first-order valence-electron chi connectivity index (χ1n) is 7.10. The zero-order valence-electron chi connectivity index (χ0n) is 13.4. The third-order valence-electron chi connectivity index (χ3n) is 3.15. The fourth-order valence-corrected chi connectivity index (χ4v) is 1.65. The molecule has 0 aliphatic rings. The molecule has 0 heterocycles. The van der Waals surface area contributed by atoms with Crippen molar-refractivity contribution in [2.24, 2.45) is 11.0 Å². The Bertz CT molecular complexity index is 538. The van der Waals surface area contributed by atoms with Gasteiger partial charge >= 0.3 is 5.97 Å². The van der Waals surface area contributed by atoms with Crippen LogP contribution in [0.3, 0.4) is 0 Å². The minimum absolute atomic E-state index is 0.203. The van der Waals surface area contributed by atoms with Gasteiger partial charge in [0.05, 0.1) is 26.1 Å². The summed E-state index contributed by atoms with van der Waals surface area (Å²) in [6.07, 6.45) is 0.203. The van der Waals surface area contributed by atoms with E-state index < -0.39 is 5.92 Å². The van der Waals surface area contributed by atoms with E-state index in [0.717, 1.165) is 11.3 Å². The van der Waals surface area contributed by atoms with Crippen LogP contribution in [-0.2, 0) is 20.7 Å². The van der Waals surface area contributed by atoms with E-state index in [1.165, 1.54) is 0 Å². The number of esters is 1. The molecule has 0 aliphatic heterocycles. The number of nitrogens with one attached hydrogen (secondary N) is 1.